The first-order valence-electron chi connectivity index (χ1n) is 13.7. The third-order valence-electron chi connectivity index (χ3n) is 7.77. The molecule has 9 heteroatoms. The third-order valence-corrected chi connectivity index (χ3v) is 7.77. The molecule has 1 N–H and O–H groups in total. The van der Waals surface area contributed by atoms with E-state index in [0.717, 1.165) is 16.6 Å². The van der Waals surface area contributed by atoms with E-state index in [-0.39, 0.29) is 42.0 Å². The summed E-state index contributed by atoms with van der Waals surface area (Å²) in [7, 11) is 3.85. The number of aromatic nitrogens is 1. The Bertz CT molecular complexity index is 1450. The van der Waals surface area contributed by atoms with Crippen molar-refractivity contribution in [3.8, 4) is 0 Å². The fraction of sp³-hybridized carbons (Fsp3) is 0.387. The summed E-state index contributed by atoms with van der Waals surface area (Å²) in [4.78, 5) is 63.0. The summed E-state index contributed by atoms with van der Waals surface area (Å²) in [5, 5.41) is 3.77. The summed E-state index contributed by atoms with van der Waals surface area (Å²) in [5.41, 5.74) is 2.71. The van der Waals surface area contributed by atoms with E-state index < -0.39 is 12.1 Å². The molecule has 3 heterocycles. The Morgan fingerprint density at radius 2 is 1.75 bits per heavy atom. The number of likely N-dealkylation sites (tertiary alicyclic amines) is 2. The molecule has 3 amide bonds. The van der Waals surface area contributed by atoms with Gasteiger partial charge in [0.2, 0.25) is 5.91 Å². The van der Waals surface area contributed by atoms with Gasteiger partial charge in [0.1, 0.15) is 12.1 Å². The maximum atomic E-state index is 13.8. The number of Topliss-reactive ketones (excluding diaryl/α,β-unsaturated/α-hetero) is 1. The SMILES string of the molecule is CC(C)CC(NC(=O)c1ccc(N(C)C)cc1)C(=O)N1CCC2C1C(=O)CN2C(=O)c1ccc2ncccc2c1. The second-order valence-electron chi connectivity index (χ2n) is 11.2. The number of carbonyl (C=O) groups is 4. The Morgan fingerprint density at radius 3 is 2.45 bits per heavy atom. The van der Waals surface area contributed by atoms with E-state index in [2.05, 4.69) is 10.3 Å². The second kappa shape index (κ2) is 11.1. The van der Waals surface area contributed by atoms with E-state index in [0.29, 0.717) is 30.5 Å². The van der Waals surface area contributed by atoms with E-state index in [1.54, 1.807) is 46.3 Å². The highest BCUT2D eigenvalue weighted by Gasteiger charge is 2.52. The summed E-state index contributed by atoms with van der Waals surface area (Å²) < 4.78 is 0. The van der Waals surface area contributed by atoms with Gasteiger partial charge in [-0.05, 0) is 67.3 Å². The lowest BCUT2D eigenvalue weighted by Gasteiger charge is -2.29. The predicted molar refractivity (Wildman–Crippen MR) is 153 cm³/mol. The minimum absolute atomic E-state index is 0.0392. The molecule has 2 aromatic carbocycles. The topological polar surface area (TPSA) is 103 Å². The number of nitrogens with one attached hydrogen (secondary N) is 1. The van der Waals surface area contributed by atoms with Crippen LogP contribution in [0.5, 0.6) is 0 Å². The number of benzene rings is 2. The predicted octanol–water partition coefficient (Wildman–Crippen LogP) is 3.14. The molecule has 40 heavy (non-hydrogen) atoms. The highest BCUT2D eigenvalue weighted by Crippen LogP contribution is 2.32. The maximum absolute atomic E-state index is 13.8. The minimum atomic E-state index is -0.773. The van der Waals surface area contributed by atoms with Gasteiger partial charge in [0.15, 0.2) is 5.78 Å². The molecule has 9 nitrogen and oxygen atoms in total. The van der Waals surface area contributed by atoms with E-state index in [1.807, 2.05) is 57.1 Å². The zero-order valence-electron chi connectivity index (χ0n) is 23.3. The van der Waals surface area contributed by atoms with E-state index in [1.165, 1.54) is 0 Å². The van der Waals surface area contributed by atoms with Crippen LogP contribution in [0.15, 0.2) is 60.8 Å². The van der Waals surface area contributed by atoms with Crippen LogP contribution in [0.1, 0.15) is 47.4 Å². The van der Waals surface area contributed by atoms with Crippen LogP contribution in [-0.2, 0) is 9.59 Å². The van der Waals surface area contributed by atoms with Crippen LogP contribution in [0.4, 0.5) is 5.69 Å². The number of pyridine rings is 1. The largest absolute Gasteiger partial charge is 0.378 e. The summed E-state index contributed by atoms with van der Waals surface area (Å²) in [6, 6.07) is 14.4. The van der Waals surface area contributed by atoms with Crippen molar-refractivity contribution < 1.29 is 19.2 Å². The first kappa shape index (κ1) is 27.3. The van der Waals surface area contributed by atoms with Gasteiger partial charge in [-0.15, -0.1) is 0 Å². The lowest BCUT2D eigenvalue weighted by molar-refractivity contribution is -0.138. The molecule has 2 fully saturated rings. The Morgan fingerprint density at radius 1 is 1.02 bits per heavy atom. The Hall–Kier alpha value is -4.27. The first-order valence-corrected chi connectivity index (χ1v) is 13.7. The number of fused-ring (bicyclic) bond motifs is 2. The van der Waals surface area contributed by atoms with Gasteiger partial charge < -0.3 is 20.0 Å². The van der Waals surface area contributed by atoms with Crippen molar-refractivity contribution in [2.75, 3.05) is 32.1 Å². The van der Waals surface area contributed by atoms with Crippen molar-refractivity contribution in [1.29, 1.82) is 0 Å². The van der Waals surface area contributed by atoms with Crippen molar-refractivity contribution in [2.45, 2.75) is 44.8 Å². The number of anilines is 1. The molecule has 1 aromatic heterocycles. The van der Waals surface area contributed by atoms with E-state index in [4.69, 9.17) is 0 Å². The lowest BCUT2D eigenvalue weighted by atomic mass is 10.0. The van der Waals surface area contributed by atoms with Crippen molar-refractivity contribution in [3.05, 3.63) is 71.9 Å². The summed E-state index contributed by atoms with van der Waals surface area (Å²) in [5.74, 6) is -0.850. The molecular weight excluding hydrogens is 506 g/mol. The van der Waals surface area contributed by atoms with Crippen LogP contribution in [0.3, 0.4) is 0 Å². The zero-order chi connectivity index (χ0) is 28.6. The van der Waals surface area contributed by atoms with Crippen molar-refractivity contribution in [3.63, 3.8) is 0 Å². The van der Waals surface area contributed by atoms with Gasteiger partial charge in [0, 0.05) is 49.0 Å². The summed E-state index contributed by atoms with van der Waals surface area (Å²) >= 11 is 0. The van der Waals surface area contributed by atoms with Crippen molar-refractivity contribution >= 4 is 40.1 Å². The second-order valence-corrected chi connectivity index (χ2v) is 11.2. The molecule has 0 bridgehead atoms. The molecule has 208 valence electrons. The quantitative estimate of drug-likeness (QED) is 0.493. The zero-order valence-corrected chi connectivity index (χ0v) is 23.3. The van der Waals surface area contributed by atoms with Gasteiger partial charge in [-0.3, -0.25) is 24.2 Å². The third kappa shape index (κ3) is 5.28. The Labute approximate surface area is 234 Å². The molecule has 3 aromatic rings. The molecule has 5 rings (SSSR count). The van der Waals surface area contributed by atoms with E-state index >= 15 is 0 Å². The average molecular weight is 542 g/mol. The Balaban J connectivity index is 1.32. The number of amides is 3. The maximum Gasteiger partial charge on any atom is 0.254 e. The minimum Gasteiger partial charge on any atom is -0.378 e. The fourth-order valence-corrected chi connectivity index (χ4v) is 5.76. The molecule has 0 saturated carbocycles. The number of carbonyl (C=O) groups excluding carboxylic acids is 4. The van der Waals surface area contributed by atoms with Crippen LogP contribution < -0.4 is 10.2 Å². The molecule has 3 unspecified atom stereocenters. The number of ketones is 1. The molecule has 2 aliphatic heterocycles. The Kier molecular flexibility index (Phi) is 7.56. The van der Waals surface area contributed by atoms with Gasteiger partial charge in [0.25, 0.3) is 11.8 Å². The van der Waals surface area contributed by atoms with Gasteiger partial charge >= 0.3 is 0 Å². The van der Waals surface area contributed by atoms with Gasteiger partial charge in [-0.25, -0.2) is 0 Å². The van der Waals surface area contributed by atoms with Crippen molar-refractivity contribution in [1.82, 2.24) is 20.1 Å². The van der Waals surface area contributed by atoms with E-state index in [9.17, 15) is 19.2 Å². The van der Waals surface area contributed by atoms with Gasteiger partial charge in [-0.2, -0.15) is 0 Å². The van der Waals surface area contributed by atoms with Crippen LogP contribution >= 0.6 is 0 Å². The molecule has 3 atom stereocenters. The van der Waals surface area contributed by atoms with Crippen LogP contribution in [-0.4, -0.2) is 83.6 Å². The molecule has 0 spiro atoms. The monoisotopic (exact) mass is 541 g/mol. The standard InChI is InChI=1S/C31H35N5O4/c1-19(2)16-25(33-29(38)20-7-10-23(11-8-20)34(3)4)31(40)35-15-13-26-28(35)27(37)18-36(26)30(39)22-9-12-24-21(17-22)6-5-14-32-24/h5-12,14,17,19,25-26,28H,13,15-16,18H2,1-4H3,(H,33,38). The molecule has 0 aliphatic carbocycles. The smallest absolute Gasteiger partial charge is 0.254 e. The molecule has 2 saturated heterocycles. The average Bonchev–Trinajstić information content (AvgIpc) is 3.52. The number of nitrogens with zero attached hydrogens (tertiary/aromatic N) is 4. The molecule has 0 radical (unpaired) electrons. The summed E-state index contributed by atoms with van der Waals surface area (Å²) in [6.45, 7) is 4.30. The number of rotatable bonds is 7. The molecular formula is C31H35N5O4. The summed E-state index contributed by atoms with van der Waals surface area (Å²) in [6.07, 6.45) is 2.65. The molecule has 2 aliphatic rings. The normalized spacial score (nSPS) is 19.2. The van der Waals surface area contributed by atoms with Gasteiger partial charge in [-0.1, -0.05) is 19.9 Å². The number of hydrogen-bond acceptors (Lipinski definition) is 6. The highest BCUT2D eigenvalue weighted by atomic mass is 16.2. The first-order chi connectivity index (χ1) is 19.1. The number of hydrogen-bond donors (Lipinski definition) is 1. The van der Waals surface area contributed by atoms with Gasteiger partial charge in [0.05, 0.1) is 18.1 Å². The van der Waals surface area contributed by atoms with Crippen molar-refractivity contribution in [2.24, 2.45) is 5.92 Å². The van der Waals surface area contributed by atoms with Crippen LogP contribution in [0.2, 0.25) is 0 Å². The van der Waals surface area contributed by atoms with Crippen LogP contribution in [0, 0.1) is 5.92 Å². The van der Waals surface area contributed by atoms with Crippen LogP contribution in [0.25, 0.3) is 10.9 Å². The lowest BCUT2D eigenvalue weighted by Crippen LogP contribution is -2.53. The highest BCUT2D eigenvalue weighted by molar-refractivity contribution is 6.04. The fourth-order valence-electron chi connectivity index (χ4n) is 5.76.